The molecule has 94 valence electrons. The van der Waals surface area contributed by atoms with Gasteiger partial charge in [0, 0.05) is 12.6 Å². The molecule has 3 nitrogen and oxygen atoms in total. The SMILES string of the molecule is CC(CNC(=O)C1CCCC1N)C(C)(C)C. The van der Waals surface area contributed by atoms with E-state index < -0.39 is 0 Å². The van der Waals surface area contributed by atoms with Crippen LogP contribution < -0.4 is 11.1 Å². The summed E-state index contributed by atoms with van der Waals surface area (Å²) in [4.78, 5) is 11.9. The summed E-state index contributed by atoms with van der Waals surface area (Å²) in [5, 5.41) is 3.04. The molecule has 1 fully saturated rings. The molecule has 1 aliphatic carbocycles. The van der Waals surface area contributed by atoms with Gasteiger partial charge in [-0.15, -0.1) is 0 Å². The van der Waals surface area contributed by atoms with E-state index in [-0.39, 0.29) is 23.3 Å². The Hall–Kier alpha value is -0.570. The molecule has 1 aliphatic rings. The van der Waals surface area contributed by atoms with Crippen LogP contribution in [0.15, 0.2) is 0 Å². The molecule has 1 rings (SSSR count). The van der Waals surface area contributed by atoms with Gasteiger partial charge in [-0.05, 0) is 24.2 Å². The predicted octanol–water partition coefficient (Wildman–Crippen LogP) is 1.91. The average Bonchev–Trinajstić information content (AvgIpc) is 2.58. The summed E-state index contributed by atoms with van der Waals surface area (Å²) in [6, 6.07) is 0.0740. The zero-order valence-electron chi connectivity index (χ0n) is 11.0. The smallest absolute Gasteiger partial charge is 0.224 e. The molecule has 0 aromatic rings. The number of amides is 1. The largest absolute Gasteiger partial charge is 0.356 e. The highest BCUT2D eigenvalue weighted by Crippen LogP contribution is 2.26. The number of rotatable bonds is 3. The zero-order valence-corrected chi connectivity index (χ0v) is 11.0. The van der Waals surface area contributed by atoms with E-state index in [1.54, 1.807) is 0 Å². The number of nitrogens with two attached hydrogens (primary N) is 1. The van der Waals surface area contributed by atoms with Crippen molar-refractivity contribution >= 4 is 5.91 Å². The minimum absolute atomic E-state index is 0.0483. The fourth-order valence-electron chi connectivity index (χ4n) is 2.01. The van der Waals surface area contributed by atoms with Gasteiger partial charge in [-0.25, -0.2) is 0 Å². The Bertz CT molecular complexity index is 245. The highest BCUT2D eigenvalue weighted by Gasteiger charge is 2.30. The van der Waals surface area contributed by atoms with Crippen molar-refractivity contribution in [3.05, 3.63) is 0 Å². The summed E-state index contributed by atoms with van der Waals surface area (Å²) < 4.78 is 0. The summed E-state index contributed by atoms with van der Waals surface area (Å²) in [5.41, 5.74) is 6.15. The zero-order chi connectivity index (χ0) is 12.3. The lowest BCUT2D eigenvalue weighted by Gasteiger charge is -2.28. The molecule has 16 heavy (non-hydrogen) atoms. The molecule has 0 spiro atoms. The van der Waals surface area contributed by atoms with Crippen LogP contribution in [0.1, 0.15) is 47.0 Å². The highest BCUT2D eigenvalue weighted by atomic mass is 16.1. The third-order valence-electron chi connectivity index (χ3n) is 3.97. The third-order valence-corrected chi connectivity index (χ3v) is 3.97. The van der Waals surface area contributed by atoms with Gasteiger partial charge in [0.2, 0.25) is 5.91 Å². The summed E-state index contributed by atoms with van der Waals surface area (Å²) in [5.74, 6) is 0.683. The van der Waals surface area contributed by atoms with Crippen LogP contribution in [0.2, 0.25) is 0 Å². The van der Waals surface area contributed by atoms with Crippen molar-refractivity contribution in [2.75, 3.05) is 6.54 Å². The minimum Gasteiger partial charge on any atom is -0.356 e. The number of carbonyl (C=O) groups is 1. The maximum Gasteiger partial charge on any atom is 0.224 e. The van der Waals surface area contributed by atoms with Crippen molar-refractivity contribution in [2.45, 2.75) is 53.0 Å². The van der Waals surface area contributed by atoms with Crippen molar-refractivity contribution in [3.63, 3.8) is 0 Å². The van der Waals surface area contributed by atoms with Crippen molar-refractivity contribution in [3.8, 4) is 0 Å². The average molecular weight is 226 g/mol. The molecule has 0 aromatic carbocycles. The molecule has 0 heterocycles. The van der Waals surface area contributed by atoms with Crippen LogP contribution >= 0.6 is 0 Å². The number of hydrogen-bond acceptors (Lipinski definition) is 2. The standard InChI is InChI=1S/C13H26N2O/c1-9(13(2,3)4)8-15-12(16)10-6-5-7-11(10)14/h9-11H,5-8,14H2,1-4H3,(H,15,16). The fourth-order valence-corrected chi connectivity index (χ4v) is 2.01. The first-order chi connectivity index (χ1) is 7.32. The molecule has 3 unspecified atom stereocenters. The highest BCUT2D eigenvalue weighted by molar-refractivity contribution is 5.79. The molecule has 3 atom stereocenters. The van der Waals surface area contributed by atoms with E-state index >= 15 is 0 Å². The van der Waals surface area contributed by atoms with Crippen LogP contribution in [-0.2, 0) is 4.79 Å². The van der Waals surface area contributed by atoms with Crippen LogP contribution in [0.3, 0.4) is 0 Å². The van der Waals surface area contributed by atoms with Gasteiger partial charge < -0.3 is 11.1 Å². The van der Waals surface area contributed by atoms with Crippen molar-refractivity contribution in [2.24, 2.45) is 23.0 Å². The van der Waals surface area contributed by atoms with Crippen molar-refractivity contribution < 1.29 is 4.79 Å². The lowest BCUT2D eigenvalue weighted by atomic mass is 9.82. The second-order valence-corrected chi connectivity index (χ2v) is 6.21. The Balaban J connectivity index is 2.35. The monoisotopic (exact) mass is 226 g/mol. The molecular weight excluding hydrogens is 200 g/mol. The summed E-state index contributed by atoms with van der Waals surface area (Å²) >= 11 is 0. The van der Waals surface area contributed by atoms with E-state index in [1.807, 2.05) is 0 Å². The van der Waals surface area contributed by atoms with E-state index in [1.165, 1.54) is 0 Å². The summed E-state index contributed by atoms with van der Waals surface area (Å²) in [6.07, 6.45) is 3.04. The van der Waals surface area contributed by atoms with Gasteiger partial charge in [0.05, 0.1) is 5.92 Å². The molecule has 1 saturated carbocycles. The molecule has 3 N–H and O–H groups in total. The van der Waals surface area contributed by atoms with Gasteiger partial charge in [0.15, 0.2) is 0 Å². The van der Waals surface area contributed by atoms with Gasteiger partial charge in [-0.3, -0.25) is 4.79 Å². The van der Waals surface area contributed by atoms with Crippen LogP contribution in [0, 0.1) is 17.3 Å². The Morgan fingerprint density at radius 1 is 1.44 bits per heavy atom. The van der Waals surface area contributed by atoms with Crippen LogP contribution in [0.4, 0.5) is 0 Å². The Labute approximate surface area is 99.2 Å². The molecule has 3 heteroatoms. The number of hydrogen-bond donors (Lipinski definition) is 2. The topological polar surface area (TPSA) is 55.1 Å². The molecule has 0 radical (unpaired) electrons. The fraction of sp³-hybridized carbons (Fsp3) is 0.923. The normalized spacial score (nSPS) is 27.8. The maximum atomic E-state index is 11.9. The number of carbonyl (C=O) groups excluding carboxylic acids is 1. The van der Waals surface area contributed by atoms with E-state index in [2.05, 4.69) is 33.0 Å². The first-order valence-corrected chi connectivity index (χ1v) is 6.35. The van der Waals surface area contributed by atoms with Crippen LogP contribution in [-0.4, -0.2) is 18.5 Å². The van der Waals surface area contributed by atoms with Crippen LogP contribution in [0.25, 0.3) is 0 Å². The van der Waals surface area contributed by atoms with Crippen molar-refractivity contribution in [1.29, 1.82) is 0 Å². The quantitative estimate of drug-likeness (QED) is 0.772. The lowest BCUT2D eigenvalue weighted by molar-refractivity contribution is -0.125. The molecule has 1 amide bonds. The Kier molecular flexibility index (Phi) is 4.36. The van der Waals surface area contributed by atoms with E-state index in [0.717, 1.165) is 25.8 Å². The predicted molar refractivity (Wildman–Crippen MR) is 66.9 cm³/mol. The maximum absolute atomic E-state index is 11.9. The Morgan fingerprint density at radius 3 is 2.50 bits per heavy atom. The molecular formula is C13H26N2O. The van der Waals surface area contributed by atoms with Gasteiger partial charge in [0.1, 0.15) is 0 Å². The van der Waals surface area contributed by atoms with E-state index in [9.17, 15) is 4.79 Å². The van der Waals surface area contributed by atoms with Crippen molar-refractivity contribution in [1.82, 2.24) is 5.32 Å². The second-order valence-electron chi connectivity index (χ2n) is 6.21. The van der Waals surface area contributed by atoms with Gasteiger partial charge >= 0.3 is 0 Å². The molecule has 0 saturated heterocycles. The van der Waals surface area contributed by atoms with Gasteiger partial charge in [0.25, 0.3) is 0 Å². The van der Waals surface area contributed by atoms with Gasteiger partial charge in [-0.2, -0.15) is 0 Å². The first kappa shape index (κ1) is 13.5. The lowest BCUT2D eigenvalue weighted by Crippen LogP contribution is -2.41. The van der Waals surface area contributed by atoms with Crippen LogP contribution in [0.5, 0.6) is 0 Å². The second kappa shape index (κ2) is 5.17. The molecule has 0 aromatic heterocycles. The summed E-state index contributed by atoms with van der Waals surface area (Å²) in [7, 11) is 0. The minimum atomic E-state index is 0.0483. The first-order valence-electron chi connectivity index (χ1n) is 6.35. The molecule has 0 aliphatic heterocycles. The summed E-state index contributed by atoms with van der Waals surface area (Å²) in [6.45, 7) is 9.53. The van der Waals surface area contributed by atoms with E-state index in [4.69, 9.17) is 5.73 Å². The van der Waals surface area contributed by atoms with E-state index in [0.29, 0.717) is 5.92 Å². The third kappa shape index (κ3) is 3.48. The molecule has 0 bridgehead atoms. The Morgan fingerprint density at radius 2 is 2.06 bits per heavy atom. The number of nitrogens with one attached hydrogen (secondary N) is 1. The van der Waals surface area contributed by atoms with Gasteiger partial charge in [-0.1, -0.05) is 34.1 Å².